The number of hydrogen-bond acceptors (Lipinski definition) is 4. The van der Waals surface area contributed by atoms with Crippen LogP contribution in [0.15, 0.2) is 22.7 Å². The molecule has 0 aromatic heterocycles. The van der Waals surface area contributed by atoms with E-state index < -0.39 is 16.9 Å². The molecule has 7 heteroatoms. The number of non-ortho nitro benzene ring substituents is 1. The van der Waals surface area contributed by atoms with E-state index in [1.54, 1.807) is 0 Å². The molecule has 1 aromatic rings. The van der Waals surface area contributed by atoms with E-state index in [2.05, 4.69) is 21.2 Å². The molecular formula is C14H19BrN2O4. The van der Waals surface area contributed by atoms with Crippen LogP contribution in [-0.4, -0.2) is 28.6 Å². The topological polar surface area (TPSA) is 92.5 Å². The summed E-state index contributed by atoms with van der Waals surface area (Å²) in [5.41, 5.74) is 0.0323. The fourth-order valence-corrected chi connectivity index (χ4v) is 2.52. The second-order valence-electron chi connectivity index (χ2n) is 4.78. The molecule has 0 heterocycles. The molecule has 1 amide bonds. The zero-order chi connectivity index (χ0) is 16.0. The number of nitrogens with zero attached hydrogens (tertiary/aromatic N) is 1. The largest absolute Gasteiger partial charge is 0.391 e. The first-order chi connectivity index (χ1) is 9.90. The number of hydrogen-bond donors (Lipinski definition) is 2. The summed E-state index contributed by atoms with van der Waals surface area (Å²) in [5.74, 6) is -0.325. The van der Waals surface area contributed by atoms with Gasteiger partial charge in [-0.1, -0.05) is 26.7 Å². The normalized spacial score (nSPS) is 12.2. The number of nitro benzene ring substituents is 1. The van der Waals surface area contributed by atoms with Crippen LogP contribution in [-0.2, 0) is 0 Å². The molecule has 0 aliphatic carbocycles. The van der Waals surface area contributed by atoms with Gasteiger partial charge in [0.2, 0.25) is 0 Å². The van der Waals surface area contributed by atoms with E-state index in [4.69, 9.17) is 0 Å². The molecule has 0 aliphatic heterocycles. The molecule has 0 saturated carbocycles. The molecule has 0 fully saturated rings. The Morgan fingerprint density at radius 2 is 2.05 bits per heavy atom. The van der Waals surface area contributed by atoms with Crippen LogP contribution in [0.5, 0.6) is 0 Å². The highest BCUT2D eigenvalue weighted by Gasteiger charge is 2.19. The van der Waals surface area contributed by atoms with Crippen LogP contribution in [0.25, 0.3) is 0 Å². The summed E-state index contributed by atoms with van der Waals surface area (Å²) in [7, 11) is 0. The van der Waals surface area contributed by atoms with E-state index in [0.29, 0.717) is 4.47 Å². The summed E-state index contributed by atoms with van der Waals surface area (Å²) >= 11 is 3.20. The monoisotopic (exact) mass is 358 g/mol. The highest BCUT2D eigenvalue weighted by molar-refractivity contribution is 9.10. The number of aliphatic hydroxyl groups is 1. The van der Waals surface area contributed by atoms with E-state index in [1.165, 1.54) is 18.2 Å². The van der Waals surface area contributed by atoms with Gasteiger partial charge in [-0.15, -0.1) is 0 Å². The number of nitrogens with one attached hydrogen (secondary N) is 1. The highest BCUT2D eigenvalue weighted by Crippen LogP contribution is 2.22. The Morgan fingerprint density at radius 1 is 1.43 bits per heavy atom. The van der Waals surface area contributed by atoms with Gasteiger partial charge in [0.25, 0.3) is 11.6 Å². The van der Waals surface area contributed by atoms with Gasteiger partial charge in [-0.2, -0.15) is 0 Å². The second kappa shape index (κ2) is 8.09. The fourth-order valence-electron chi connectivity index (χ4n) is 2.09. The van der Waals surface area contributed by atoms with Gasteiger partial charge in [-0.25, -0.2) is 0 Å². The summed E-state index contributed by atoms with van der Waals surface area (Å²) in [5, 5.41) is 23.3. The Balaban J connectivity index is 2.76. The standard InChI is InChI=1S/C14H19BrN2O4/c1-3-9(4-2)13(18)8-16-14(19)11-7-10(17(20)21)5-6-12(11)15/h5-7,9,13,18H,3-4,8H2,1-2H3,(H,16,19). The van der Waals surface area contributed by atoms with Gasteiger partial charge >= 0.3 is 0 Å². The van der Waals surface area contributed by atoms with Gasteiger partial charge in [-0.05, 0) is 27.9 Å². The molecule has 0 radical (unpaired) electrons. The maximum absolute atomic E-state index is 12.1. The van der Waals surface area contributed by atoms with Gasteiger partial charge in [0.15, 0.2) is 0 Å². The first-order valence-corrected chi connectivity index (χ1v) is 7.60. The van der Waals surface area contributed by atoms with Crippen molar-refractivity contribution in [1.82, 2.24) is 5.32 Å². The Hall–Kier alpha value is -1.47. The Kier molecular flexibility index (Phi) is 6.77. The van der Waals surface area contributed by atoms with Crippen molar-refractivity contribution in [3.05, 3.63) is 38.3 Å². The number of nitro groups is 1. The van der Waals surface area contributed by atoms with Crippen molar-refractivity contribution in [3.63, 3.8) is 0 Å². The lowest BCUT2D eigenvalue weighted by molar-refractivity contribution is -0.384. The molecular weight excluding hydrogens is 340 g/mol. The van der Waals surface area contributed by atoms with E-state index in [-0.39, 0.29) is 23.7 Å². The maximum atomic E-state index is 12.1. The number of carbonyl (C=O) groups is 1. The van der Waals surface area contributed by atoms with E-state index in [1.807, 2.05) is 13.8 Å². The van der Waals surface area contributed by atoms with Crippen molar-refractivity contribution in [2.75, 3.05) is 6.54 Å². The summed E-state index contributed by atoms with van der Waals surface area (Å²) in [6.45, 7) is 4.09. The molecule has 6 nitrogen and oxygen atoms in total. The molecule has 1 unspecified atom stereocenters. The number of halogens is 1. The average molecular weight is 359 g/mol. The quantitative estimate of drug-likeness (QED) is 0.578. The minimum atomic E-state index is -0.624. The molecule has 0 aliphatic rings. The predicted octanol–water partition coefficient (Wildman–Crippen LogP) is 2.88. The molecule has 116 valence electrons. The summed E-state index contributed by atoms with van der Waals surface area (Å²) < 4.78 is 0.475. The molecule has 0 spiro atoms. The van der Waals surface area contributed by atoms with Gasteiger partial charge in [0.05, 0.1) is 16.6 Å². The van der Waals surface area contributed by atoms with Crippen LogP contribution in [0.2, 0.25) is 0 Å². The molecule has 0 saturated heterocycles. The van der Waals surface area contributed by atoms with E-state index >= 15 is 0 Å². The maximum Gasteiger partial charge on any atom is 0.270 e. The van der Waals surface area contributed by atoms with Gasteiger partial charge in [0.1, 0.15) is 0 Å². The van der Waals surface area contributed by atoms with Crippen LogP contribution in [0.3, 0.4) is 0 Å². The van der Waals surface area contributed by atoms with Gasteiger partial charge in [0, 0.05) is 23.2 Å². The Morgan fingerprint density at radius 3 is 2.57 bits per heavy atom. The molecule has 1 atom stereocenters. The highest BCUT2D eigenvalue weighted by atomic mass is 79.9. The predicted molar refractivity (Wildman–Crippen MR) is 83.2 cm³/mol. The van der Waals surface area contributed by atoms with Crippen molar-refractivity contribution in [1.29, 1.82) is 0 Å². The average Bonchev–Trinajstić information content (AvgIpc) is 2.46. The Labute approximate surface area is 131 Å². The van der Waals surface area contributed by atoms with Crippen molar-refractivity contribution < 1.29 is 14.8 Å². The molecule has 1 rings (SSSR count). The smallest absolute Gasteiger partial charge is 0.270 e. The number of rotatable bonds is 7. The minimum Gasteiger partial charge on any atom is -0.391 e. The first-order valence-electron chi connectivity index (χ1n) is 6.80. The lowest BCUT2D eigenvalue weighted by Crippen LogP contribution is -2.36. The molecule has 21 heavy (non-hydrogen) atoms. The third-order valence-corrected chi connectivity index (χ3v) is 4.16. The number of carbonyl (C=O) groups excluding carboxylic acids is 1. The van der Waals surface area contributed by atoms with Crippen molar-refractivity contribution in [2.24, 2.45) is 5.92 Å². The summed E-state index contributed by atoms with van der Waals surface area (Å²) in [6, 6.07) is 3.99. The van der Waals surface area contributed by atoms with E-state index in [9.17, 15) is 20.0 Å². The van der Waals surface area contributed by atoms with Crippen LogP contribution >= 0.6 is 15.9 Å². The number of benzene rings is 1. The summed E-state index contributed by atoms with van der Waals surface area (Å²) in [4.78, 5) is 22.3. The SMILES string of the molecule is CCC(CC)C(O)CNC(=O)c1cc([N+](=O)[O-])ccc1Br. The lowest BCUT2D eigenvalue weighted by Gasteiger charge is -2.20. The second-order valence-corrected chi connectivity index (χ2v) is 5.63. The first kappa shape index (κ1) is 17.6. The van der Waals surface area contributed by atoms with Crippen molar-refractivity contribution in [2.45, 2.75) is 32.8 Å². The van der Waals surface area contributed by atoms with Crippen LogP contribution in [0.4, 0.5) is 5.69 Å². The van der Waals surface area contributed by atoms with Gasteiger partial charge < -0.3 is 10.4 Å². The molecule has 1 aromatic carbocycles. The third-order valence-electron chi connectivity index (χ3n) is 3.47. The van der Waals surface area contributed by atoms with Crippen molar-refractivity contribution in [3.8, 4) is 0 Å². The fraction of sp³-hybridized carbons (Fsp3) is 0.500. The van der Waals surface area contributed by atoms with Crippen LogP contribution < -0.4 is 5.32 Å². The zero-order valence-corrected chi connectivity index (χ0v) is 13.6. The summed E-state index contributed by atoms with van der Waals surface area (Å²) in [6.07, 6.45) is 1.03. The minimum absolute atomic E-state index is 0.124. The third kappa shape index (κ3) is 4.78. The number of amides is 1. The molecule has 2 N–H and O–H groups in total. The van der Waals surface area contributed by atoms with E-state index in [0.717, 1.165) is 12.8 Å². The van der Waals surface area contributed by atoms with Crippen LogP contribution in [0, 0.1) is 16.0 Å². The van der Waals surface area contributed by atoms with Gasteiger partial charge in [-0.3, -0.25) is 14.9 Å². The van der Waals surface area contributed by atoms with Crippen LogP contribution in [0.1, 0.15) is 37.0 Å². The Bertz CT molecular complexity index is 518. The molecule has 0 bridgehead atoms. The number of aliphatic hydroxyl groups excluding tert-OH is 1. The zero-order valence-electron chi connectivity index (χ0n) is 12.0. The lowest BCUT2D eigenvalue weighted by atomic mass is 9.96. The van der Waals surface area contributed by atoms with Crippen molar-refractivity contribution >= 4 is 27.5 Å².